The van der Waals surface area contributed by atoms with Crippen molar-refractivity contribution < 1.29 is 14.3 Å². The van der Waals surface area contributed by atoms with Crippen LogP contribution in [0.1, 0.15) is 40.5 Å². The second kappa shape index (κ2) is 10.0. The summed E-state index contributed by atoms with van der Waals surface area (Å²) >= 11 is 8.63. The van der Waals surface area contributed by atoms with Gasteiger partial charge in [-0.15, -0.1) is 0 Å². The lowest BCUT2D eigenvalue weighted by Gasteiger charge is -2.30. The largest absolute Gasteiger partial charge is 0.496 e. The molecule has 1 heterocycles. The van der Waals surface area contributed by atoms with Gasteiger partial charge in [0.25, 0.3) is 11.8 Å². The zero-order valence-electron chi connectivity index (χ0n) is 16.9. The third kappa shape index (κ3) is 5.58. The molecule has 1 aliphatic rings. The summed E-state index contributed by atoms with van der Waals surface area (Å²) < 4.78 is 6.00. The first kappa shape index (κ1) is 22.2. The van der Waals surface area contributed by atoms with Gasteiger partial charge in [-0.05, 0) is 67.4 Å². The molecule has 2 amide bonds. The summed E-state index contributed by atoms with van der Waals surface area (Å²) in [6, 6.07) is 12.3. The maximum Gasteiger partial charge on any atom is 0.261 e. The fraction of sp³-hybridized carbons (Fsp3) is 0.318. The summed E-state index contributed by atoms with van der Waals surface area (Å²) in [5, 5.41) is 5.76. The summed E-state index contributed by atoms with van der Waals surface area (Å²) in [5.74, 6) is 0.730. The van der Waals surface area contributed by atoms with Crippen molar-refractivity contribution >= 4 is 50.8 Å². The molecule has 0 atom stereocenters. The number of benzene rings is 2. The molecule has 30 heavy (non-hydrogen) atoms. The number of ether oxygens (including phenoxy) is 1. The van der Waals surface area contributed by atoms with Crippen LogP contribution in [0, 0.1) is 5.92 Å². The molecule has 1 aliphatic heterocycles. The normalized spacial score (nSPS) is 14.2. The number of hydrogen-bond acceptors (Lipinski definition) is 4. The molecule has 158 valence electrons. The van der Waals surface area contributed by atoms with E-state index in [2.05, 4.69) is 33.5 Å². The summed E-state index contributed by atoms with van der Waals surface area (Å²) in [7, 11) is 1.50. The predicted octanol–water partition coefficient (Wildman–Crippen LogP) is 4.46. The number of nitrogens with zero attached hydrogens (tertiary/aromatic N) is 1. The van der Waals surface area contributed by atoms with E-state index in [0.29, 0.717) is 28.5 Å². The van der Waals surface area contributed by atoms with E-state index in [1.165, 1.54) is 7.11 Å². The molecule has 6 nitrogen and oxygen atoms in total. The van der Waals surface area contributed by atoms with Crippen LogP contribution in [0.25, 0.3) is 0 Å². The molecule has 0 radical (unpaired) electrons. The Morgan fingerprint density at radius 3 is 2.60 bits per heavy atom. The number of halogens is 1. The van der Waals surface area contributed by atoms with Crippen LogP contribution < -0.4 is 15.4 Å². The smallest absolute Gasteiger partial charge is 0.261 e. The van der Waals surface area contributed by atoms with Crippen molar-refractivity contribution in [1.82, 2.24) is 10.2 Å². The molecule has 0 bridgehead atoms. The van der Waals surface area contributed by atoms with Gasteiger partial charge in [0.15, 0.2) is 5.11 Å². The average Bonchev–Trinajstić information content (AvgIpc) is 2.73. The molecule has 0 unspecified atom stereocenters. The van der Waals surface area contributed by atoms with Crippen molar-refractivity contribution in [2.45, 2.75) is 19.8 Å². The highest BCUT2D eigenvalue weighted by Gasteiger charge is 2.21. The average molecular weight is 490 g/mol. The van der Waals surface area contributed by atoms with Crippen molar-refractivity contribution in [2.24, 2.45) is 5.92 Å². The fourth-order valence-corrected chi connectivity index (χ4v) is 3.89. The number of amides is 2. The standard InChI is InChI=1S/C22H24BrN3O3S/c1-14-8-10-26(11-9-14)21(28)15-4-3-5-17(12-15)24-22(30)25-20(27)18-13-16(23)6-7-19(18)29-2/h3-7,12-14H,8-11H2,1-2H3,(H2,24,25,27,30). The van der Waals surface area contributed by atoms with Crippen LogP contribution in [-0.2, 0) is 0 Å². The highest BCUT2D eigenvalue weighted by Crippen LogP contribution is 2.23. The van der Waals surface area contributed by atoms with Crippen LogP contribution >= 0.6 is 28.1 Å². The van der Waals surface area contributed by atoms with Crippen molar-refractivity contribution in [2.75, 3.05) is 25.5 Å². The number of carbonyl (C=O) groups excluding carboxylic acids is 2. The number of likely N-dealkylation sites (tertiary alicyclic amines) is 1. The van der Waals surface area contributed by atoms with Gasteiger partial charge in [0.2, 0.25) is 0 Å². The van der Waals surface area contributed by atoms with E-state index < -0.39 is 0 Å². The van der Waals surface area contributed by atoms with Crippen LogP contribution in [0.3, 0.4) is 0 Å². The third-order valence-electron chi connectivity index (χ3n) is 5.07. The molecule has 1 saturated heterocycles. The van der Waals surface area contributed by atoms with Crippen LogP contribution in [0.2, 0.25) is 0 Å². The van der Waals surface area contributed by atoms with Crippen LogP contribution in [0.4, 0.5) is 5.69 Å². The van der Waals surface area contributed by atoms with E-state index in [0.717, 1.165) is 30.4 Å². The minimum Gasteiger partial charge on any atom is -0.496 e. The number of hydrogen-bond donors (Lipinski definition) is 2. The van der Waals surface area contributed by atoms with E-state index in [1.807, 2.05) is 4.90 Å². The van der Waals surface area contributed by atoms with Crippen LogP contribution in [0.5, 0.6) is 5.75 Å². The van der Waals surface area contributed by atoms with Crippen LogP contribution in [0.15, 0.2) is 46.9 Å². The van der Waals surface area contributed by atoms with Gasteiger partial charge >= 0.3 is 0 Å². The molecular formula is C22H24BrN3O3S. The maximum atomic E-state index is 12.8. The Labute approximate surface area is 190 Å². The molecule has 1 fully saturated rings. The summed E-state index contributed by atoms with van der Waals surface area (Å²) in [6.07, 6.45) is 2.05. The number of piperidine rings is 1. The zero-order chi connectivity index (χ0) is 21.7. The molecule has 0 saturated carbocycles. The van der Waals surface area contributed by atoms with E-state index in [9.17, 15) is 9.59 Å². The Morgan fingerprint density at radius 1 is 1.17 bits per heavy atom. The number of thiocarbonyl (C=S) groups is 1. The van der Waals surface area contributed by atoms with Crippen molar-refractivity contribution in [3.63, 3.8) is 0 Å². The monoisotopic (exact) mass is 489 g/mol. The molecule has 2 aromatic carbocycles. The van der Waals surface area contributed by atoms with Gasteiger partial charge in [0.05, 0.1) is 12.7 Å². The Balaban J connectivity index is 1.64. The van der Waals surface area contributed by atoms with Crippen LogP contribution in [-0.4, -0.2) is 42.0 Å². The summed E-state index contributed by atoms with van der Waals surface area (Å²) in [5.41, 5.74) is 1.59. The molecule has 8 heteroatoms. The van der Waals surface area contributed by atoms with Gasteiger partial charge in [-0.3, -0.25) is 14.9 Å². The predicted molar refractivity (Wildman–Crippen MR) is 125 cm³/mol. The summed E-state index contributed by atoms with van der Waals surface area (Å²) in [6.45, 7) is 3.77. The number of carbonyl (C=O) groups is 2. The fourth-order valence-electron chi connectivity index (χ4n) is 3.31. The Morgan fingerprint density at radius 2 is 1.90 bits per heavy atom. The highest BCUT2D eigenvalue weighted by atomic mass is 79.9. The van der Waals surface area contributed by atoms with Crippen molar-refractivity contribution in [1.29, 1.82) is 0 Å². The quantitative estimate of drug-likeness (QED) is 0.620. The van der Waals surface area contributed by atoms with Gasteiger partial charge in [-0.25, -0.2) is 0 Å². The Kier molecular flexibility index (Phi) is 7.44. The first-order chi connectivity index (χ1) is 14.4. The first-order valence-corrected chi connectivity index (χ1v) is 10.9. The van der Waals surface area contributed by atoms with Gasteiger partial charge < -0.3 is 15.0 Å². The van der Waals surface area contributed by atoms with E-state index >= 15 is 0 Å². The van der Waals surface area contributed by atoms with Crippen molar-refractivity contribution in [3.8, 4) is 5.75 Å². The first-order valence-electron chi connectivity index (χ1n) is 9.72. The van der Waals surface area contributed by atoms with Gasteiger partial charge in [0.1, 0.15) is 5.75 Å². The van der Waals surface area contributed by atoms with Crippen molar-refractivity contribution in [3.05, 3.63) is 58.1 Å². The van der Waals surface area contributed by atoms with Gasteiger partial charge in [0, 0.05) is 28.8 Å². The number of rotatable bonds is 4. The zero-order valence-corrected chi connectivity index (χ0v) is 19.3. The van der Waals surface area contributed by atoms with Gasteiger partial charge in [-0.1, -0.05) is 28.9 Å². The molecule has 2 N–H and O–H groups in total. The maximum absolute atomic E-state index is 12.8. The second-order valence-electron chi connectivity index (χ2n) is 7.31. The highest BCUT2D eigenvalue weighted by molar-refractivity contribution is 9.10. The molecule has 0 spiro atoms. The van der Waals surface area contributed by atoms with Gasteiger partial charge in [-0.2, -0.15) is 0 Å². The molecule has 0 aromatic heterocycles. The topological polar surface area (TPSA) is 70.7 Å². The lowest BCUT2D eigenvalue weighted by molar-refractivity contribution is 0.0697. The molecule has 0 aliphatic carbocycles. The SMILES string of the molecule is COc1ccc(Br)cc1C(=O)NC(=S)Nc1cccc(C(=O)N2CCC(C)CC2)c1. The third-order valence-corrected chi connectivity index (χ3v) is 5.77. The Hall–Kier alpha value is -2.45. The molecular weight excluding hydrogens is 466 g/mol. The van der Waals surface area contributed by atoms with E-state index in [1.54, 1.807) is 42.5 Å². The Bertz CT molecular complexity index is 958. The second-order valence-corrected chi connectivity index (χ2v) is 8.63. The molecule has 3 rings (SSSR count). The number of nitrogens with one attached hydrogen (secondary N) is 2. The minimum absolute atomic E-state index is 0.0133. The van der Waals surface area contributed by atoms with E-state index in [4.69, 9.17) is 17.0 Å². The lowest BCUT2D eigenvalue weighted by atomic mass is 9.98. The lowest BCUT2D eigenvalue weighted by Crippen LogP contribution is -2.38. The molecule has 2 aromatic rings. The number of methoxy groups -OCH3 is 1. The minimum atomic E-state index is -0.389. The summed E-state index contributed by atoms with van der Waals surface area (Å²) in [4.78, 5) is 27.3. The van der Waals surface area contributed by atoms with E-state index in [-0.39, 0.29) is 16.9 Å². The number of anilines is 1.